The predicted octanol–water partition coefficient (Wildman–Crippen LogP) is 3.25. The number of anilines is 1. The molecule has 4 nitrogen and oxygen atoms in total. The van der Waals surface area contributed by atoms with Gasteiger partial charge in [-0.05, 0) is 30.3 Å². The molecule has 3 rings (SSSR count). The van der Waals surface area contributed by atoms with E-state index < -0.39 is 0 Å². The van der Waals surface area contributed by atoms with Gasteiger partial charge in [0.15, 0.2) is 5.78 Å². The molecule has 0 fully saturated rings. The smallest absolute Gasteiger partial charge is 0.270 e. The molecule has 2 aromatic carbocycles. The zero-order chi connectivity index (χ0) is 16.1. The largest absolute Gasteiger partial charge is 0.292 e. The maximum atomic E-state index is 12.5. The molecule has 0 radical (unpaired) electrons. The Morgan fingerprint density at radius 1 is 0.957 bits per heavy atom. The number of hydrogen-bond acceptors (Lipinski definition) is 3. The fourth-order valence-corrected chi connectivity index (χ4v) is 2.33. The average Bonchev–Trinajstić information content (AvgIpc) is 2.62. The molecule has 0 aliphatic heterocycles. The fraction of sp³-hybridized carbons (Fsp3) is 0.0526. The van der Waals surface area contributed by atoms with Crippen LogP contribution in [0.5, 0.6) is 0 Å². The zero-order valence-corrected chi connectivity index (χ0v) is 12.5. The molecule has 0 heterocycles. The van der Waals surface area contributed by atoms with Crippen molar-refractivity contribution < 1.29 is 9.59 Å². The summed E-state index contributed by atoms with van der Waals surface area (Å²) in [6.07, 6.45) is 5.66. The molecule has 114 valence electrons. The second kappa shape index (κ2) is 6.75. The maximum absolute atomic E-state index is 12.5. The van der Waals surface area contributed by atoms with E-state index in [1.807, 2.05) is 42.5 Å². The molecule has 0 saturated carbocycles. The van der Waals surface area contributed by atoms with Crippen molar-refractivity contribution in [3.8, 4) is 0 Å². The number of carbonyl (C=O) groups excluding carboxylic acids is 2. The third-order valence-electron chi connectivity index (χ3n) is 3.48. The highest BCUT2D eigenvalue weighted by atomic mass is 16.2. The first-order valence-electron chi connectivity index (χ1n) is 7.37. The number of benzene rings is 2. The number of ketones is 1. The van der Waals surface area contributed by atoms with Gasteiger partial charge in [-0.3, -0.25) is 15.0 Å². The molecule has 4 heteroatoms. The summed E-state index contributed by atoms with van der Waals surface area (Å²) in [6.45, 7) is 0. The Hall–Kier alpha value is -3.14. The van der Waals surface area contributed by atoms with Crippen molar-refractivity contribution in [2.75, 3.05) is 5.01 Å². The number of allylic oxidation sites excluding steroid dienone is 4. The monoisotopic (exact) mass is 304 g/mol. The lowest BCUT2D eigenvalue weighted by Gasteiger charge is -2.27. The van der Waals surface area contributed by atoms with Crippen molar-refractivity contribution in [2.45, 2.75) is 6.42 Å². The Kier molecular flexibility index (Phi) is 4.34. The van der Waals surface area contributed by atoms with Gasteiger partial charge in [-0.2, -0.15) is 0 Å². The highest BCUT2D eigenvalue weighted by Gasteiger charge is 2.21. The lowest BCUT2D eigenvalue weighted by Crippen LogP contribution is -2.44. The van der Waals surface area contributed by atoms with Crippen LogP contribution in [-0.4, -0.2) is 11.7 Å². The standard InChI is InChI=1S/C19H16N2O2/c22-18-14-8-7-13-17(18)21(16-11-5-2-6-12-16)20-19(23)15-9-3-1-4-10-15/h1-13H,14H2,(H,20,23). The molecule has 1 aliphatic carbocycles. The Morgan fingerprint density at radius 3 is 2.26 bits per heavy atom. The van der Waals surface area contributed by atoms with Crippen molar-refractivity contribution in [3.05, 3.63) is 90.2 Å². The van der Waals surface area contributed by atoms with Gasteiger partial charge in [0.1, 0.15) is 5.70 Å². The topological polar surface area (TPSA) is 49.4 Å². The number of hydrogen-bond donors (Lipinski definition) is 1. The summed E-state index contributed by atoms with van der Waals surface area (Å²) in [6, 6.07) is 18.2. The maximum Gasteiger partial charge on any atom is 0.270 e. The number of nitrogens with one attached hydrogen (secondary N) is 1. The van der Waals surface area contributed by atoms with Crippen LogP contribution < -0.4 is 10.4 Å². The Bertz CT molecular complexity index is 764. The van der Waals surface area contributed by atoms with E-state index in [1.54, 1.807) is 41.4 Å². The zero-order valence-electron chi connectivity index (χ0n) is 12.5. The van der Waals surface area contributed by atoms with Gasteiger partial charge in [0.05, 0.1) is 5.69 Å². The van der Waals surface area contributed by atoms with Crippen LogP contribution in [0, 0.1) is 0 Å². The minimum Gasteiger partial charge on any atom is -0.292 e. The van der Waals surface area contributed by atoms with Crippen LogP contribution in [0.3, 0.4) is 0 Å². The Labute approximate surface area is 134 Å². The van der Waals surface area contributed by atoms with E-state index in [2.05, 4.69) is 5.43 Å². The van der Waals surface area contributed by atoms with Crippen molar-refractivity contribution in [1.29, 1.82) is 0 Å². The molecule has 1 N–H and O–H groups in total. The summed E-state index contributed by atoms with van der Waals surface area (Å²) in [5.74, 6) is -0.303. The molecule has 0 bridgehead atoms. The Balaban J connectivity index is 1.93. The van der Waals surface area contributed by atoms with Gasteiger partial charge in [-0.1, -0.05) is 48.6 Å². The summed E-state index contributed by atoms with van der Waals surface area (Å²) in [4.78, 5) is 24.7. The van der Waals surface area contributed by atoms with E-state index >= 15 is 0 Å². The van der Waals surface area contributed by atoms with Crippen LogP contribution in [-0.2, 0) is 4.79 Å². The summed E-state index contributed by atoms with van der Waals surface area (Å²) in [7, 11) is 0. The fourth-order valence-electron chi connectivity index (χ4n) is 2.33. The second-order valence-electron chi connectivity index (χ2n) is 5.09. The first-order valence-corrected chi connectivity index (χ1v) is 7.37. The summed E-state index contributed by atoms with van der Waals surface area (Å²) in [5, 5.41) is 1.54. The van der Waals surface area contributed by atoms with Gasteiger partial charge in [0, 0.05) is 12.0 Å². The third kappa shape index (κ3) is 3.37. The van der Waals surface area contributed by atoms with Gasteiger partial charge in [0.2, 0.25) is 0 Å². The third-order valence-corrected chi connectivity index (χ3v) is 3.48. The Morgan fingerprint density at radius 2 is 1.61 bits per heavy atom. The number of nitrogens with zero attached hydrogens (tertiary/aromatic N) is 1. The molecule has 1 amide bonds. The van der Waals surface area contributed by atoms with Crippen LogP contribution in [0.25, 0.3) is 0 Å². The molecular formula is C19H16N2O2. The quantitative estimate of drug-likeness (QED) is 0.882. The van der Waals surface area contributed by atoms with Crippen molar-refractivity contribution >= 4 is 17.4 Å². The molecule has 0 unspecified atom stereocenters. The number of rotatable bonds is 4. The molecule has 2 aromatic rings. The predicted molar refractivity (Wildman–Crippen MR) is 89.7 cm³/mol. The van der Waals surface area contributed by atoms with E-state index in [0.717, 1.165) is 5.69 Å². The number of carbonyl (C=O) groups is 2. The number of para-hydroxylation sites is 1. The summed E-state index contributed by atoms with van der Waals surface area (Å²) >= 11 is 0. The van der Waals surface area contributed by atoms with Gasteiger partial charge in [0.25, 0.3) is 5.91 Å². The number of Topliss-reactive ketones (excluding diaryl/α,β-unsaturated/α-hetero) is 1. The average molecular weight is 304 g/mol. The van der Waals surface area contributed by atoms with Crippen LogP contribution in [0.4, 0.5) is 5.69 Å². The van der Waals surface area contributed by atoms with Gasteiger partial charge >= 0.3 is 0 Å². The lowest BCUT2D eigenvalue weighted by atomic mass is 10.1. The molecule has 0 spiro atoms. The minimum absolute atomic E-state index is 0.0373. The molecule has 23 heavy (non-hydrogen) atoms. The van der Waals surface area contributed by atoms with Crippen LogP contribution in [0.15, 0.2) is 84.6 Å². The first kappa shape index (κ1) is 14.8. The van der Waals surface area contributed by atoms with E-state index in [0.29, 0.717) is 17.7 Å². The summed E-state index contributed by atoms with van der Waals surface area (Å²) < 4.78 is 0. The van der Waals surface area contributed by atoms with Gasteiger partial charge in [-0.15, -0.1) is 0 Å². The van der Waals surface area contributed by atoms with Crippen LogP contribution in [0.2, 0.25) is 0 Å². The second-order valence-corrected chi connectivity index (χ2v) is 5.09. The first-order chi connectivity index (χ1) is 11.3. The molecule has 1 aliphatic rings. The van der Waals surface area contributed by atoms with E-state index in [9.17, 15) is 9.59 Å². The van der Waals surface area contributed by atoms with Gasteiger partial charge < -0.3 is 0 Å². The molecular weight excluding hydrogens is 288 g/mol. The van der Waals surface area contributed by atoms with Crippen molar-refractivity contribution in [3.63, 3.8) is 0 Å². The molecule has 0 atom stereocenters. The van der Waals surface area contributed by atoms with Crippen molar-refractivity contribution in [1.82, 2.24) is 5.43 Å². The van der Waals surface area contributed by atoms with E-state index in [1.165, 1.54) is 0 Å². The normalized spacial score (nSPS) is 13.4. The van der Waals surface area contributed by atoms with Crippen molar-refractivity contribution in [2.24, 2.45) is 0 Å². The summed E-state index contributed by atoms with van der Waals surface area (Å²) in [5.41, 5.74) is 4.53. The molecule has 0 aromatic heterocycles. The van der Waals surface area contributed by atoms with E-state index in [4.69, 9.17) is 0 Å². The minimum atomic E-state index is -0.266. The van der Waals surface area contributed by atoms with Gasteiger partial charge in [-0.25, -0.2) is 5.01 Å². The van der Waals surface area contributed by atoms with Crippen LogP contribution >= 0.6 is 0 Å². The number of amides is 1. The highest BCUT2D eigenvalue weighted by Crippen LogP contribution is 2.20. The SMILES string of the molecule is O=C1CC=CC=C1N(NC(=O)c1ccccc1)c1ccccc1. The number of hydrazine groups is 1. The van der Waals surface area contributed by atoms with E-state index in [-0.39, 0.29) is 11.7 Å². The lowest BCUT2D eigenvalue weighted by molar-refractivity contribution is -0.115. The highest BCUT2D eigenvalue weighted by molar-refractivity contribution is 6.03. The molecule has 0 saturated heterocycles. The van der Waals surface area contributed by atoms with Crippen LogP contribution in [0.1, 0.15) is 16.8 Å².